The van der Waals surface area contributed by atoms with Crippen LogP contribution in [0.15, 0.2) is 36.4 Å². The number of nitro groups is 1. The summed E-state index contributed by atoms with van der Waals surface area (Å²) >= 11 is 0. The molecule has 0 aliphatic carbocycles. The lowest BCUT2D eigenvalue weighted by Crippen LogP contribution is -2.37. The van der Waals surface area contributed by atoms with Crippen LogP contribution in [0.5, 0.6) is 5.75 Å². The molecule has 8 nitrogen and oxygen atoms in total. The number of anilines is 1. The number of carbonyl (C=O) groups is 2. The van der Waals surface area contributed by atoms with Gasteiger partial charge in [-0.25, -0.2) is 4.39 Å². The number of hydrogen-bond donors (Lipinski definition) is 0. The van der Waals surface area contributed by atoms with E-state index in [1.807, 2.05) is 0 Å². The lowest BCUT2D eigenvalue weighted by molar-refractivity contribution is -0.384. The van der Waals surface area contributed by atoms with E-state index in [1.54, 1.807) is 0 Å². The maximum atomic E-state index is 13.7. The summed E-state index contributed by atoms with van der Waals surface area (Å²) in [4.78, 5) is 36.5. The number of carbonyl (C=O) groups excluding carboxylic acids is 2. The van der Waals surface area contributed by atoms with Crippen molar-refractivity contribution >= 4 is 23.1 Å². The summed E-state index contributed by atoms with van der Waals surface area (Å²) in [7, 11) is 1.28. The summed E-state index contributed by atoms with van der Waals surface area (Å²) in [5.74, 6) is -2.61. The molecule has 0 atom stereocenters. The fourth-order valence-electron chi connectivity index (χ4n) is 3.65. The quantitative estimate of drug-likeness (QED) is 0.189. The molecular weight excluding hydrogens is 464 g/mol. The van der Waals surface area contributed by atoms with E-state index in [4.69, 9.17) is 9.47 Å². The summed E-state index contributed by atoms with van der Waals surface area (Å²) < 4.78 is 62.3. The van der Waals surface area contributed by atoms with Crippen molar-refractivity contribution in [1.82, 2.24) is 0 Å². The highest BCUT2D eigenvalue weighted by atomic mass is 19.4. The Kier molecular flexibility index (Phi) is 7.38. The zero-order valence-corrected chi connectivity index (χ0v) is 17.9. The van der Waals surface area contributed by atoms with Gasteiger partial charge in [-0.05, 0) is 43.2 Å². The first kappa shape index (κ1) is 24.9. The van der Waals surface area contributed by atoms with Gasteiger partial charge in [0.25, 0.3) is 5.69 Å². The van der Waals surface area contributed by atoms with Crippen LogP contribution in [-0.4, -0.2) is 43.5 Å². The topological polar surface area (TPSA) is 99.0 Å². The van der Waals surface area contributed by atoms with Crippen molar-refractivity contribution in [3.8, 4) is 5.75 Å². The molecule has 12 heteroatoms. The Morgan fingerprint density at radius 1 is 1.15 bits per heavy atom. The number of ether oxygens (including phenoxy) is 2. The zero-order chi connectivity index (χ0) is 25.0. The molecule has 1 aliphatic rings. The first-order valence-corrected chi connectivity index (χ1v) is 10.1. The van der Waals surface area contributed by atoms with Gasteiger partial charge in [-0.1, -0.05) is 0 Å². The van der Waals surface area contributed by atoms with Gasteiger partial charge in [0.1, 0.15) is 5.69 Å². The molecular formula is C22H20F4N2O6. The van der Waals surface area contributed by atoms with E-state index < -0.39 is 52.4 Å². The minimum Gasteiger partial charge on any atom is -0.494 e. The Hall–Kier alpha value is -3.70. The number of benzene rings is 2. The van der Waals surface area contributed by atoms with Crippen molar-refractivity contribution < 1.29 is 41.5 Å². The molecule has 0 spiro atoms. The normalized spacial score (nSPS) is 14.6. The average molecular weight is 484 g/mol. The summed E-state index contributed by atoms with van der Waals surface area (Å²) in [6.07, 6.45) is -4.26. The number of alkyl halides is 3. The number of nitro benzene ring substituents is 1. The summed E-state index contributed by atoms with van der Waals surface area (Å²) in [5, 5.41) is 11.3. The molecule has 0 aromatic heterocycles. The number of piperidine rings is 1. The Bertz CT molecular complexity index is 1100. The Labute approximate surface area is 191 Å². The second-order valence-corrected chi connectivity index (χ2v) is 7.60. The average Bonchev–Trinajstić information content (AvgIpc) is 2.81. The van der Waals surface area contributed by atoms with E-state index in [0.29, 0.717) is 6.07 Å². The Balaban J connectivity index is 1.58. The van der Waals surface area contributed by atoms with Gasteiger partial charge in [0.05, 0.1) is 23.5 Å². The Morgan fingerprint density at radius 2 is 1.82 bits per heavy atom. The first-order chi connectivity index (χ1) is 16.0. The van der Waals surface area contributed by atoms with Gasteiger partial charge in [0, 0.05) is 24.7 Å². The number of hydrogen-bond acceptors (Lipinski definition) is 7. The Morgan fingerprint density at radius 3 is 2.38 bits per heavy atom. The predicted molar refractivity (Wildman–Crippen MR) is 111 cm³/mol. The molecule has 1 aliphatic heterocycles. The van der Waals surface area contributed by atoms with Crippen LogP contribution >= 0.6 is 0 Å². The third kappa shape index (κ3) is 5.61. The summed E-state index contributed by atoms with van der Waals surface area (Å²) in [6, 6.07) is 5.91. The van der Waals surface area contributed by atoms with Gasteiger partial charge in [0.15, 0.2) is 24.0 Å². The number of ketones is 1. The van der Waals surface area contributed by atoms with Crippen molar-refractivity contribution in [2.24, 2.45) is 5.92 Å². The van der Waals surface area contributed by atoms with Crippen LogP contribution in [0.25, 0.3) is 0 Å². The van der Waals surface area contributed by atoms with Crippen LogP contribution in [0.2, 0.25) is 0 Å². The van der Waals surface area contributed by atoms with Crippen molar-refractivity contribution in [1.29, 1.82) is 0 Å². The second kappa shape index (κ2) is 10.1. The van der Waals surface area contributed by atoms with Crippen molar-refractivity contribution in [3.63, 3.8) is 0 Å². The third-order valence-corrected chi connectivity index (χ3v) is 5.49. The molecule has 2 aromatic carbocycles. The van der Waals surface area contributed by atoms with E-state index >= 15 is 0 Å². The summed E-state index contributed by atoms with van der Waals surface area (Å²) in [5.41, 5.74) is -1.76. The fraction of sp³-hybridized carbons (Fsp3) is 0.364. The third-order valence-electron chi connectivity index (χ3n) is 5.49. The number of esters is 1. The smallest absolute Gasteiger partial charge is 0.416 e. The summed E-state index contributed by atoms with van der Waals surface area (Å²) in [6.45, 7) is -0.248. The molecule has 0 N–H and O–H groups in total. The number of rotatable bonds is 7. The molecule has 2 aromatic rings. The van der Waals surface area contributed by atoms with Crippen molar-refractivity contribution in [2.75, 3.05) is 31.7 Å². The zero-order valence-electron chi connectivity index (χ0n) is 17.9. The SMILES string of the molecule is COc1ccc(C(=O)COC(=O)C2CCN(c3ccc(C(F)(F)F)cc3[N+](=O)[O-])CC2)cc1F. The predicted octanol–water partition coefficient (Wildman–Crippen LogP) is 4.40. The van der Waals surface area contributed by atoms with Crippen LogP contribution < -0.4 is 9.64 Å². The van der Waals surface area contributed by atoms with E-state index in [2.05, 4.69) is 0 Å². The van der Waals surface area contributed by atoms with Gasteiger partial charge in [-0.15, -0.1) is 0 Å². The molecule has 0 amide bonds. The maximum Gasteiger partial charge on any atom is 0.416 e. The van der Waals surface area contributed by atoms with Gasteiger partial charge in [-0.3, -0.25) is 19.7 Å². The number of halogens is 4. The van der Waals surface area contributed by atoms with Gasteiger partial charge >= 0.3 is 12.1 Å². The largest absolute Gasteiger partial charge is 0.494 e. The molecule has 0 radical (unpaired) electrons. The molecule has 34 heavy (non-hydrogen) atoms. The van der Waals surface area contributed by atoms with Crippen molar-refractivity contribution in [2.45, 2.75) is 19.0 Å². The molecule has 1 heterocycles. The molecule has 1 saturated heterocycles. The van der Waals surface area contributed by atoms with E-state index in [-0.39, 0.29) is 42.9 Å². The van der Waals surface area contributed by atoms with Gasteiger partial charge in [-0.2, -0.15) is 13.2 Å². The van der Waals surface area contributed by atoms with Crippen LogP contribution in [0, 0.1) is 21.8 Å². The first-order valence-electron chi connectivity index (χ1n) is 10.1. The number of Topliss-reactive ketones (excluding diaryl/α,β-unsaturated/α-hetero) is 1. The lowest BCUT2D eigenvalue weighted by Gasteiger charge is -2.32. The second-order valence-electron chi connectivity index (χ2n) is 7.60. The highest BCUT2D eigenvalue weighted by Crippen LogP contribution is 2.37. The molecule has 182 valence electrons. The highest BCUT2D eigenvalue weighted by Gasteiger charge is 2.35. The van der Waals surface area contributed by atoms with E-state index in [1.165, 1.54) is 24.1 Å². The lowest BCUT2D eigenvalue weighted by atomic mass is 9.96. The molecule has 1 fully saturated rings. The van der Waals surface area contributed by atoms with Crippen LogP contribution in [0.3, 0.4) is 0 Å². The number of methoxy groups -OCH3 is 1. The molecule has 0 saturated carbocycles. The minimum atomic E-state index is -4.71. The molecule has 0 unspecified atom stereocenters. The van der Waals surface area contributed by atoms with E-state index in [9.17, 15) is 37.3 Å². The molecule has 3 rings (SSSR count). The highest BCUT2D eigenvalue weighted by molar-refractivity contribution is 5.98. The van der Waals surface area contributed by atoms with Crippen LogP contribution in [-0.2, 0) is 15.7 Å². The van der Waals surface area contributed by atoms with E-state index in [0.717, 1.165) is 18.2 Å². The molecule has 0 bridgehead atoms. The van der Waals surface area contributed by atoms with Crippen LogP contribution in [0.4, 0.5) is 28.9 Å². The van der Waals surface area contributed by atoms with Gasteiger partial charge < -0.3 is 14.4 Å². The standard InChI is InChI=1S/C22H20F4N2O6/c1-33-20-5-2-14(10-16(20)23)19(29)12-34-21(30)13-6-8-27(9-7-13)17-4-3-15(22(24,25)26)11-18(17)28(31)32/h2-5,10-11,13H,6-9,12H2,1H3. The monoisotopic (exact) mass is 484 g/mol. The maximum absolute atomic E-state index is 13.7. The van der Waals surface area contributed by atoms with Gasteiger partial charge in [0.2, 0.25) is 0 Å². The fourth-order valence-corrected chi connectivity index (χ4v) is 3.65. The van der Waals surface area contributed by atoms with Crippen LogP contribution in [0.1, 0.15) is 28.8 Å². The van der Waals surface area contributed by atoms with Crippen molar-refractivity contribution in [3.05, 3.63) is 63.5 Å². The number of nitrogens with zero attached hydrogens (tertiary/aromatic N) is 2. The minimum absolute atomic E-state index is 0.00975.